The first-order valence-electron chi connectivity index (χ1n) is 9.74. The molecule has 0 radical (unpaired) electrons. The lowest BCUT2D eigenvalue weighted by Gasteiger charge is -2.21. The van der Waals surface area contributed by atoms with Gasteiger partial charge in [-0.25, -0.2) is 0 Å². The number of rotatable bonds is 7. The molecule has 2 aliphatic rings. The van der Waals surface area contributed by atoms with E-state index in [0.717, 1.165) is 30.5 Å². The number of carbonyl (C=O) groups excluding carboxylic acids is 3. The number of imide groups is 1. The molecular weight excluding hydrogens is 378 g/mol. The van der Waals surface area contributed by atoms with Crippen LogP contribution >= 0.6 is 11.8 Å². The predicted molar refractivity (Wildman–Crippen MR) is 108 cm³/mol. The molecule has 1 aromatic rings. The smallest absolute Gasteiger partial charge is 0.311 e. The fourth-order valence-corrected chi connectivity index (χ4v) is 4.35. The Kier molecular flexibility index (Phi) is 7.28. The number of amides is 2. The first-order chi connectivity index (χ1) is 13.5. The van der Waals surface area contributed by atoms with Crippen molar-refractivity contribution in [2.24, 2.45) is 5.92 Å². The highest BCUT2D eigenvalue weighted by atomic mass is 32.2. The van der Waals surface area contributed by atoms with Gasteiger partial charge in [0.2, 0.25) is 0 Å². The van der Waals surface area contributed by atoms with Gasteiger partial charge >= 0.3 is 5.97 Å². The molecule has 1 saturated heterocycles. The average Bonchev–Trinajstić information content (AvgIpc) is 3.00. The minimum Gasteiger partial charge on any atom is -0.426 e. The highest BCUT2D eigenvalue weighted by Gasteiger charge is 2.25. The summed E-state index contributed by atoms with van der Waals surface area (Å²) in [5.74, 6) is 0.327. The fraction of sp³-hybridized carbons (Fsp3) is 0.476. The number of hydrogen-bond donors (Lipinski definition) is 2. The van der Waals surface area contributed by atoms with E-state index in [0.29, 0.717) is 28.2 Å². The summed E-state index contributed by atoms with van der Waals surface area (Å²) in [6, 6.07) is 4.94. The standard InChI is InChI=1S/C21H25NO5S/c23-13-16-11-15(12-18-20(25)22-21(26)28-18)9-10-17(16)27-19(24)8-4-7-14-5-2-1-3-6-14/h9-12,14,23H,1-8,13H2,(H,22,25,26)/b18-12-. The first kappa shape index (κ1) is 20.6. The van der Waals surface area contributed by atoms with Crippen LogP contribution in [0.15, 0.2) is 23.1 Å². The van der Waals surface area contributed by atoms with E-state index in [-0.39, 0.29) is 12.6 Å². The summed E-state index contributed by atoms with van der Waals surface area (Å²) in [6.45, 7) is -0.292. The number of carbonyl (C=O) groups is 3. The van der Waals surface area contributed by atoms with E-state index in [1.54, 1.807) is 24.3 Å². The van der Waals surface area contributed by atoms with Gasteiger partial charge in [0.15, 0.2) is 0 Å². The van der Waals surface area contributed by atoms with Gasteiger partial charge in [-0.2, -0.15) is 0 Å². The Labute approximate surface area is 168 Å². The van der Waals surface area contributed by atoms with Crippen LogP contribution in [-0.2, 0) is 16.2 Å². The molecule has 6 nitrogen and oxygen atoms in total. The summed E-state index contributed by atoms with van der Waals surface area (Å²) in [5.41, 5.74) is 1.11. The Bertz CT molecular complexity index is 783. The number of thioether (sulfide) groups is 1. The van der Waals surface area contributed by atoms with Crippen molar-refractivity contribution in [1.29, 1.82) is 0 Å². The van der Waals surface area contributed by atoms with E-state index in [2.05, 4.69) is 5.32 Å². The first-order valence-corrected chi connectivity index (χ1v) is 10.6. The zero-order valence-corrected chi connectivity index (χ0v) is 16.6. The van der Waals surface area contributed by atoms with Crippen molar-refractivity contribution >= 4 is 35.0 Å². The SMILES string of the molecule is O=C(CCCC1CCCCC1)Oc1ccc(/C=C2\SC(=O)NC2=O)cc1CO. The van der Waals surface area contributed by atoms with Crippen LogP contribution in [0.2, 0.25) is 0 Å². The lowest BCUT2D eigenvalue weighted by Crippen LogP contribution is -2.17. The lowest BCUT2D eigenvalue weighted by molar-refractivity contribution is -0.134. The van der Waals surface area contributed by atoms with Crippen LogP contribution in [0.5, 0.6) is 5.75 Å². The molecule has 2 amide bonds. The molecule has 1 saturated carbocycles. The summed E-state index contributed by atoms with van der Waals surface area (Å²) in [5, 5.41) is 11.4. The summed E-state index contributed by atoms with van der Waals surface area (Å²) < 4.78 is 5.43. The van der Waals surface area contributed by atoms with Gasteiger partial charge in [-0.15, -0.1) is 0 Å². The third-order valence-electron chi connectivity index (χ3n) is 5.14. The van der Waals surface area contributed by atoms with E-state index in [9.17, 15) is 19.5 Å². The van der Waals surface area contributed by atoms with E-state index in [4.69, 9.17) is 4.74 Å². The lowest BCUT2D eigenvalue weighted by atomic mass is 9.86. The van der Waals surface area contributed by atoms with Gasteiger partial charge in [-0.3, -0.25) is 19.7 Å². The maximum atomic E-state index is 12.2. The summed E-state index contributed by atoms with van der Waals surface area (Å²) in [7, 11) is 0. The normalized spacial score (nSPS) is 19.1. The molecule has 0 aromatic heterocycles. The minimum atomic E-state index is -0.436. The molecule has 1 aliphatic heterocycles. The number of benzene rings is 1. The van der Waals surface area contributed by atoms with Crippen LogP contribution in [0.25, 0.3) is 6.08 Å². The highest BCUT2D eigenvalue weighted by Crippen LogP contribution is 2.29. The molecule has 3 rings (SSSR count). The fourth-order valence-electron chi connectivity index (χ4n) is 3.67. The van der Waals surface area contributed by atoms with Crippen LogP contribution in [-0.4, -0.2) is 22.2 Å². The van der Waals surface area contributed by atoms with Crippen LogP contribution in [0.4, 0.5) is 4.79 Å². The number of esters is 1. The quantitative estimate of drug-likeness (QED) is 0.403. The Morgan fingerprint density at radius 1 is 1.25 bits per heavy atom. The number of aliphatic hydroxyl groups excluding tert-OH is 1. The van der Waals surface area contributed by atoms with Gasteiger partial charge < -0.3 is 9.84 Å². The maximum Gasteiger partial charge on any atom is 0.311 e. The van der Waals surface area contributed by atoms with E-state index in [1.165, 1.54) is 32.1 Å². The van der Waals surface area contributed by atoms with Crippen molar-refractivity contribution in [3.63, 3.8) is 0 Å². The van der Waals surface area contributed by atoms with E-state index < -0.39 is 11.1 Å². The number of nitrogens with one attached hydrogen (secondary N) is 1. The molecule has 28 heavy (non-hydrogen) atoms. The maximum absolute atomic E-state index is 12.2. The van der Waals surface area contributed by atoms with Crippen LogP contribution in [0.1, 0.15) is 62.5 Å². The molecule has 0 atom stereocenters. The number of ether oxygens (including phenoxy) is 1. The second-order valence-electron chi connectivity index (χ2n) is 7.25. The molecule has 2 N–H and O–H groups in total. The van der Waals surface area contributed by atoms with Crippen molar-refractivity contribution in [3.05, 3.63) is 34.2 Å². The van der Waals surface area contributed by atoms with Crippen LogP contribution < -0.4 is 10.1 Å². The van der Waals surface area contributed by atoms with E-state index >= 15 is 0 Å². The molecule has 1 aromatic carbocycles. The third kappa shape index (κ3) is 5.69. The monoisotopic (exact) mass is 403 g/mol. The molecule has 2 fully saturated rings. The van der Waals surface area contributed by atoms with E-state index in [1.807, 2.05) is 0 Å². The molecule has 7 heteroatoms. The number of aliphatic hydroxyl groups is 1. The molecule has 150 valence electrons. The molecule has 0 bridgehead atoms. The van der Waals surface area contributed by atoms with Gasteiger partial charge in [-0.05, 0) is 54.3 Å². The summed E-state index contributed by atoms with van der Waals surface area (Å²) >= 11 is 0.831. The average molecular weight is 404 g/mol. The highest BCUT2D eigenvalue weighted by molar-refractivity contribution is 8.18. The largest absolute Gasteiger partial charge is 0.426 e. The van der Waals surface area contributed by atoms with Crippen molar-refractivity contribution in [3.8, 4) is 5.75 Å². The Balaban J connectivity index is 1.56. The van der Waals surface area contributed by atoms with Gasteiger partial charge in [0, 0.05) is 12.0 Å². The van der Waals surface area contributed by atoms with Gasteiger partial charge in [-0.1, -0.05) is 38.2 Å². The Hall–Kier alpha value is -2.12. The summed E-state index contributed by atoms with van der Waals surface area (Å²) in [6.07, 6.45) is 10.3. The van der Waals surface area contributed by atoms with Crippen LogP contribution in [0, 0.1) is 5.92 Å². The number of hydrogen-bond acceptors (Lipinski definition) is 6. The molecule has 1 aliphatic carbocycles. The molecular formula is C21H25NO5S. The third-order valence-corrected chi connectivity index (χ3v) is 5.95. The molecule has 1 heterocycles. The predicted octanol–water partition coefficient (Wildman–Crippen LogP) is 4.16. The van der Waals surface area contributed by atoms with Crippen molar-refractivity contribution in [1.82, 2.24) is 5.32 Å². The molecule has 0 unspecified atom stereocenters. The zero-order valence-electron chi connectivity index (χ0n) is 15.7. The Morgan fingerprint density at radius 2 is 2.04 bits per heavy atom. The molecule has 0 spiro atoms. The Morgan fingerprint density at radius 3 is 2.71 bits per heavy atom. The second-order valence-corrected chi connectivity index (χ2v) is 8.26. The van der Waals surface area contributed by atoms with Gasteiger partial charge in [0.05, 0.1) is 11.5 Å². The summed E-state index contributed by atoms with van der Waals surface area (Å²) in [4.78, 5) is 35.3. The minimum absolute atomic E-state index is 0.292. The van der Waals surface area contributed by atoms with Gasteiger partial charge in [0.25, 0.3) is 11.1 Å². The van der Waals surface area contributed by atoms with Crippen molar-refractivity contribution in [2.75, 3.05) is 0 Å². The van der Waals surface area contributed by atoms with Crippen LogP contribution in [0.3, 0.4) is 0 Å². The topological polar surface area (TPSA) is 92.7 Å². The van der Waals surface area contributed by atoms with Crippen molar-refractivity contribution < 1.29 is 24.2 Å². The second kappa shape index (κ2) is 9.89. The van der Waals surface area contributed by atoms with Crippen molar-refractivity contribution in [2.45, 2.75) is 58.0 Å². The zero-order chi connectivity index (χ0) is 19.9. The van der Waals surface area contributed by atoms with Gasteiger partial charge in [0.1, 0.15) is 5.75 Å².